The molecule has 128 valence electrons. The van der Waals surface area contributed by atoms with Gasteiger partial charge in [-0.1, -0.05) is 11.6 Å². The third-order valence-corrected chi connectivity index (χ3v) is 5.05. The molecule has 25 heavy (non-hydrogen) atoms. The molecule has 0 unspecified atom stereocenters. The third kappa shape index (κ3) is 3.47. The SMILES string of the molecule is O=C(C=C(O)c1nc[nH]n1)c1coc(S(=O)(=O)c2ccc(Cl)cc2)c1. The number of carbonyl (C=O) groups excluding carboxylic acids is 1. The number of ketones is 1. The fourth-order valence-corrected chi connectivity index (χ4v) is 3.23. The molecule has 2 aromatic heterocycles. The van der Waals surface area contributed by atoms with E-state index in [1.165, 1.54) is 30.6 Å². The Morgan fingerprint density at radius 3 is 2.64 bits per heavy atom. The molecule has 8 nitrogen and oxygen atoms in total. The van der Waals surface area contributed by atoms with Crippen LogP contribution in [0.4, 0.5) is 0 Å². The van der Waals surface area contributed by atoms with E-state index in [1.807, 2.05) is 0 Å². The average Bonchev–Trinajstić information content (AvgIpc) is 3.27. The first kappa shape index (κ1) is 16.9. The second kappa shape index (κ2) is 6.54. The van der Waals surface area contributed by atoms with Crippen molar-refractivity contribution < 1.29 is 22.7 Å². The number of aliphatic hydroxyl groups excluding tert-OH is 1. The van der Waals surface area contributed by atoms with E-state index in [1.54, 1.807) is 0 Å². The van der Waals surface area contributed by atoms with E-state index >= 15 is 0 Å². The topological polar surface area (TPSA) is 126 Å². The highest BCUT2D eigenvalue weighted by molar-refractivity contribution is 7.91. The lowest BCUT2D eigenvalue weighted by Gasteiger charge is -2.00. The van der Waals surface area contributed by atoms with Crippen molar-refractivity contribution in [3.63, 3.8) is 0 Å². The smallest absolute Gasteiger partial charge is 0.239 e. The number of benzene rings is 1. The Labute approximate surface area is 146 Å². The molecule has 0 aliphatic carbocycles. The Hall–Kier alpha value is -2.91. The van der Waals surface area contributed by atoms with E-state index in [2.05, 4.69) is 15.2 Å². The van der Waals surface area contributed by atoms with Gasteiger partial charge in [0.05, 0.1) is 10.5 Å². The van der Waals surface area contributed by atoms with Gasteiger partial charge in [-0.3, -0.25) is 9.89 Å². The molecule has 0 atom stereocenters. The fourth-order valence-electron chi connectivity index (χ4n) is 1.92. The number of aliphatic hydroxyl groups is 1. The Bertz CT molecular complexity index is 1040. The van der Waals surface area contributed by atoms with Crippen LogP contribution in [-0.2, 0) is 9.84 Å². The van der Waals surface area contributed by atoms with Crippen molar-refractivity contribution in [1.82, 2.24) is 15.2 Å². The number of nitrogens with one attached hydrogen (secondary N) is 1. The Morgan fingerprint density at radius 1 is 1.28 bits per heavy atom. The zero-order valence-corrected chi connectivity index (χ0v) is 14.0. The standard InChI is InChI=1S/C15H10ClN3O5S/c16-10-1-3-11(4-2-10)25(22,23)14-5-9(7-24-14)12(20)6-13(21)15-17-8-18-19-15/h1-8,21H,(H,17,18,19). The molecular weight excluding hydrogens is 370 g/mol. The predicted octanol–water partition coefficient (Wildman–Crippen LogP) is 2.67. The summed E-state index contributed by atoms with van der Waals surface area (Å²) in [5, 5.41) is 15.7. The number of aromatic amines is 1. The number of aromatic nitrogens is 3. The molecular formula is C15H10ClN3O5S. The van der Waals surface area contributed by atoms with Crippen LogP contribution in [-0.4, -0.2) is 34.5 Å². The number of sulfone groups is 1. The number of nitrogens with zero attached hydrogens (tertiary/aromatic N) is 2. The van der Waals surface area contributed by atoms with E-state index in [0.717, 1.165) is 18.4 Å². The number of halogens is 1. The lowest BCUT2D eigenvalue weighted by atomic mass is 10.2. The van der Waals surface area contributed by atoms with E-state index in [4.69, 9.17) is 16.0 Å². The van der Waals surface area contributed by atoms with Crippen LogP contribution in [0.25, 0.3) is 5.76 Å². The van der Waals surface area contributed by atoms with Crippen LogP contribution in [0.15, 0.2) is 63.4 Å². The van der Waals surface area contributed by atoms with Crippen molar-refractivity contribution in [2.24, 2.45) is 0 Å². The molecule has 0 radical (unpaired) electrons. The van der Waals surface area contributed by atoms with Crippen LogP contribution >= 0.6 is 11.6 Å². The number of hydrogen-bond acceptors (Lipinski definition) is 7. The van der Waals surface area contributed by atoms with Crippen molar-refractivity contribution in [1.29, 1.82) is 0 Å². The highest BCUT2D eigenvalue weighted by Gasteiger charge is 2.23. The van der Waals surface area contributed by atoms with Crippen molar-refractivity contribution in [2.45, 2.75) is 9.99 Å². The summed E-state index contributed by atoms with van der Waals surface area (Å²) in [6.45, 7) is 0. The lowest BCUT2D eigenvalue weighted by Crippen LogP contribution is -2.00. The maximum Gasteiger partial charge on any atom is 0.239 e. The van der Waals surface area contributed by atoms with Crippen LogP contribution < -0.4 is 0 Å². The first-order valence-corrected chi connectivity index (χ1v) is 8.64. The average molecular weight is 380 g/mol. The number of hydrogen-bond donors (Lipinski definition) is 2. The summed E-state index contributed by atoms with van der Waals surface area (Å²) >= 11 is 5.74. The van der Waals surface area contributed by atoms with E-state index in [9.17, 15) is 18.3 Å². The molecule has 3 rings (SSSR count). The summed E-state index contributed by atoms with van der Waals surface area (Å²) < 4.78 is 29.9. The summed E-state index contributed by atoms with van der Waals surface area (Å²) in [7, 11) is -3.93. The van der Waals surface area contributed by atoms with E-state index in [-0.39, 0.29) is 16.3 Å². The third-order valence-electron chi connectivity index (χ3n) is 3.16. The minimum Gasteiger partial charge on any atom is -0.504 e. The highest BCUT2D eigenvalue weighted by Crippen LogP contribution is 2.24. The molecule has 0 aliphatic rings. The summed E-state index contributed by atoms with van der Waals surface area (Å²) in [5.41, 5.74) is -0.0466. The number of carbonyl (C=O) groups is 1. The van der Waals surface area contributed by atoms with Crippen LogP contribution in [0.3, 0.4) is 0 Å². The van der Waals surface area contributed by atoms with Gasteiger partial charge in [-0.05, 0) is 24.3 Å². The largest absolute Gasteiger partial charge is 0.504 e. The van der Waals surface area contributed by atoms with Crippen molar-refractivity contribution in [2.75, 3.05) is 0 Å². The molecule has 0 fully saturated rings. The second-order valence-electron chi connectivity index (χ2n) is 4.83. The molecule has 2 heterocycles. The summed E-state index contributed by atoms with van der Waals surface area (Å²) in [6.07, 6.45) is 3.10. The minimum absolute atomic E-state index is 0.0237. The van der Waals surface area contributed by atoms with Gasteiger partial charge in [0, 0.05) is 17.2 Å². The van der Waals surface area contributed by atoms with Crippen molar-refractivity contribution in [3.8, 4) is 0 Å². The van der Waals surface area contributed by atoms with Crippen LogP contribution in [0.2, 0.25) is 5.02 Å². The van der Waals surface area contributed by atoms with Crippen LogP contribution in [0.5, 0.6) is 0 Å². The minimum atomic E-state index is -3.93. The summed E-state index contributed by atoms with van der Waals surface area (Å²) in [6, 6.07) is 6.60. The molecule has 0 bridgehead atoms. The molecule has 10 heteroatoms. The summed E-state index contributed by atoms with van der Waals surface area (Å²) in [4.78, 5) is 15.8. The van der Waals surface area contributed by atoms with Crippen molar-refractivity contribution in [3.05, 3.63) is 65.4 Å². The first-order valence-electron chi connectivity index (χ1n) is 6.78. The molecule has 0 amide bonds. The van der Waals surface area contributed by atoms with Gasteiger partial charge in [-0.2, -0.15) is 5.10 Å². The molecule has 0 saturated carbocycles. The summed E-state index contributed by atoms with van der Waals surface area (Å²) in [5.74, 6) is -1.19. The van der Waals surface area contributed by atoms with Crippen LogP contribution in [0.1, 0.15) is 16.2 Å². The molecule has 3 aromatic rings. The normalized spacial score (nSPS) is 12.3. The quantitative estimate of drug-likeness (QED) is 0.396. The molecule has 1 aromatic carbocycles. The Kier molecular flexibility index (Phi) is 4.43. The molecule has 0 aliphatic heterocycles. The lowest BCUT2D eigenvalue weighted by molar-refractivity contribution is 0.104. The van der Waals surface area contributed by atoms with Crippen LogP contribution in [0, 0.1) is 0 Å². The zero-order chi connectivity index (χ0) is 18.0. The van der Waals surface area contributed by atoms with Gasteiger partial charge in [0.2, 0.25) is 20.8 Å². The maximum absolute atomic E-state index is 12.5. The van der Waals surface area contributed by atoms with Gasteiger partial charge >= 0.3 is 0 Å². The molecule has 2 N–H and O–H groups in total. The molecule has 0 spiro atoms. The van der Waals surface area contributed by atoms with Gasteiger partial charge in [-0.25, -0.2) is 13.4 Å². The van der Waals surface area contributed by atoms with E-state index < -0.39 is 26.5 Å². The maximum atomic E-state index is 12.5. The van der Waals surface area contributed by atoms with Gasteiger partial charge < -0.3 is 9.52 Å². The number of furan rings is 1. The number of H-pyrrole nitrogens is 1. The highest BCUT2D eigenvalue weighted by atomic mass is 35.5. The van der Waals surface area contributed by atoms with Gasteiger partial charge in [0.15, 0.2) is 11.5 Å². The monoisotopic (exact) mass is 379 g/mol. The van der Waals surface area contributed by atoms with Gasteiger partial charge in [-0.15, -0.1) is 0 Å². The predicted molar refractivity (Wildman–Crippen MR) is 86.9 cm³/mol. The van der Waals surface area contributed by atoms with E-state index in [0.29, 0.717) is 5.02 Å². The first-order chi connectivity index (χ1) is 11.9. The zero-order valence-electron chi connectivity index (χ0n) is 12.4. The Balaban J connectivity index is 1.88. The van der Waals surface area contributed by atoms with Gasteiger partial charge in [0.25, 0.3) is 0 Å². The fraction of sp³-hybridized carbons (Fsp3) is 0. The van der Waals surface area contributed by atoms with Crippen molar-refractivity contribution >= 4 is 33.0 Å². The second-order valence-corrected chi connectivity index (χ2v) is 7.15. The molecule has 0 saturated heterocycles. The van der Waals surface area contributed by atoms with Gasteiger partial charge in [0.1, 0.15) is 12.6 Å². The Morgan fingerprint density at radius 2 is 2.00 bits per heavy atom. The number of rotatable bonds is 5. The number of allylic oxidation sites excluding steroid dienone is 1.